The Morgan fingerprint density at radius 3 is 1.79 bits per heavy atom. The Morgan fingerprint density at radius 1 is 1.36 bits per heavy atom. The van der Waals surface area contributed by atoms with Crippen molar-refractivity contribution in [2.24, 2.45) is 0 Å². The van der Waals surface area contributed by atoms with Crippen molar-refractivity contribution in [1.29, 1.82) is 0 Å². The molecule has 0 saturated heterocycles. The van der Waals surface area contributed by atoms with Gasteiger partial charge in [0.1, 0.15) is 12.2 Å². The Balaban J connectivity index is 0. The van der Waals surface area contributed by atoms with Crippen LogP contribution in [0.25, 0.3) is 0 Å². The monoisotopic (exact) mass is 210 g/mol. The van der Waals surface area contributed by atoms with E-state index in [4.69, 9.17) is 5.11 Å². The van der Waals surface area contributed by atoms with Crippen LogP contribution in [0, 0.1) is 0 Å². The molecule has 0 aliphatic rings. The van der Waals surface area contributed by atoms with Crippen LogP contribution >= 0.6 is 0 Å². The molecule has 0 atom stereocenters. The van der Waals surface area contributed by atoms with E-state index < -0.39 is 24.3 Å². The fraction of sp³-hybridized carbons (Fsp3) is 0.125. The number of alkyl halides is 1. The highest BCUT2D eigenvalue weighted by Crippen LogP contribution is 2.07. The number of halogens is 3. The summed E-state index contributed by atoms with van der Waals surface area (Å²) in [6.45, 7) is 4.87. The smallest absolute Gasteiger partial charge is 0.339 e. The number of hydrogen-bond donors (Lipinski definition) is 1. The minimum Gasteiger partial charge on any atom is -0.478 e. The van der Waals surface area contributed by atoms with E-state index in [1.807, 2.05) is 0 Å². The summed E-state index contributed by atoms with van der Waals surface area (Å²) >= 11 is 0. The number of carboxylic acid groups (broad SMARTS) is 1. The minimum absolute atomic E-state index is 1.31. The summed E-state index contributed by atoms with van der Waals surface area (Å²) in [4.78, 5) is 9.59. The van der Waals surface area contributed by atoms with Crippen LogP contribution < -0.4 is 0 Å². The lowest BCUT2D eigenvalue weighted by Gasteiger charge is -1.89. The number of aliphatic carboxylic acids is 1. The molecular weight excluding hydrogens is 201 g/mol. The Bertz CT molecular complexity index is 226. The highest BCUT2D eigenvalue weighted by molar-refractivity contribution is 5.86. The lowest BCUT2D eigenvalue weighted by molar-refractivity contribution is -0.133. The van der Waals surface area contributed by atoms with Gasteiger partial charge in [-0.15, -0.1) is 0 Å². The average molecular weight is 210 g/mol. The lowest BCUT2D eigenvalue weighted by Crippen LogP contribution is -2.02. The maximum Gasteiger partial charge on any atom is 0.339 e. The van der Waals surface area contributed by atoms with Crippen LogP contribution in [0.15, 0.2) is 37.3 Å². The van der Waals surface area contributed by atoms with Crippen LogP contribution in [-0.4, -0.2) is 17.8 Å². The zero-order valence-electron chi connectivity index (χ0n) is 7.17. The fourth-order valence-electron chi connectivity index (χ4n) is 0.257. The highest BCUT2D eigenvalue weighted by atomic mass is 19.3. The molecule has 0 saturated carbocycles. The number of rotatable bonds is 4. The van der Waals surface area contributed by atoms with Gasteiger partial charge in [0.15, 0.2) is 0 Å². The van der Waals surface area contributed by atoms with Gasteiger partial charge >= 0.3 is 5.97 Å². The topological polar surface area (TPSA) is 46.5 Å². The molecular formula is C8H9F3O3. The number of ether oxygens (including phenoxy) is 1. The molecule has 0 radical (unpaired) electrons. The summed E-state index contributed by atoms with van der Waals surface area (Å²) in [5.74, 6) is -1.92. The minimum atomic E-state index is -2.48. The normalized spacial score (nSPS) is 7.64. The van der Waals surface area contributed by atoms with E-state index in [0.29, 0.717) is 0 Å². The van der Waals surface area contributed by atoms with Gasteiger partial charge in [0.2, 0.25) is 0 Å². The van der Waals surface area contributed by atoms with E-state index >= 15 is 0 Å². The highest BCUT2D eigenvalue weighted by Gasteiger charge is 2.13. The first kappa shape index (κ1) is 14.8. The molecule has 80 valence electrons. The quantitative estimate of drug-likeness (QED) is 0.572. The first-order valence-corrected chi connectivity index (χ1v) is 3.21. The Labute approximate surface area is 78.8 Å². The van der Waals surface area contributed by atoms with Crippen LogP contribution in [0.1, 0.15) is 0 Å². The zero-order chi connectivity index (χ0) is 11.6. The predicted molar refractivity (Wildman–Crippen MR) is 44.3 cm³/mol. The van der Waals surface area contributed by atoms with Crippen molar-refractivity contribution < 1.29 is 27.8 Å². The van der Waals surface area contributed by atoms with Crippen LogP contribution in [-0.2, 0) is 9.53 Å². The molecule has 0 aliphatic carbocycles. The van der Waals surface area contributed by atoms with E-state index in [2.05, 4.69) is 17.9 Å². The second-order valence-corrected chi connectivity index (χ2v) is 1.65. The summed E-state index contributed by atoms with van der Waals surface area (Å²) < 4.78 is 38.0. The van der Waals surface area contributed by atoms with Crippen molar-refractivity contribution in [3.63, 3.8) is 0 Å². The summed E-state index contributed by atoms with van der Waals surface area (Å²) in [5, 5.41) is 7.77. The third kappa shape index (κ3) is 8.38. The maximum atomic E-state index is 11.2. The van der Waals surface area contributed by atoms with Crippen LogP contribution in [0.5, 0.6) is 0 Å². The molecule has 0 unspecified atom stereocenters. The van der Waals surface area contributed by atoms with Gasteiger partial charge in [0.05, 0.1) is 12.5 Å². The van der Waals surface area contributed by atoms with Crippen LogP contribution in [0.4, 0.5) is 13.2 Å². The van der Waals surface area contributed by atoms with Crippen molar-refractivity contribution in [1.82, 2.24) is 0 Å². The van der Waals surface area contributed by atoms with E-state index in [1.165, 1.54) is 12.5 Å². The molecule has 0 bridgehead atoms. The molecule has 0 amide bonds. The van der Waals surface area contributed by atoms with Gasteiger partial charge in [-0.2, -0.15) is 8.78 Å². The van der Waals surface area contributed by atoms with Crippen molar-refractivity contribution in [2.45, 2.75) is 0 Å². The molecule has 0 aromatic rings. The molecule has 6 heteroatoms. The van der Waals surface area contributed by atoms with Gasteiger partial charge in [-0.25, -0.2) is 9.18 Å². The van der Waals surface area contributed by atoms with Crippen LogP contribution in [0.3, 0.4) is 0 Å². The van der Waals surface area contributed by atoms with Crippen molar-refractivity contribution in [2.75, 3.05) is 6.67 Å². The Kier molecular flexibility index (Phi) is 9.89. The van der Waals surface area contributed by atoms with E-state index in [-0.39, 0.29) is 0 Å². The van der Waals surface area contributed by atoms with E-state index in [9.17, 15) is 18.0 Å². The van der Waals surface area contributed by atoms with E-state index in [1.54, 1.807) is 0 Å². The standard InChI is InChI=1S/C4H3F3O2.C4H6O/c5-1-2(3(6)7)4(8)9;1-3-5-4-2/h1H2,(H,8,9);3-4H,1-2H2. The molecule has 1 N–H and O–H groups in total. The second kappa shape index (κ2) is 9.37. The molecule has 0 fully saturated rings. The molecule has 0 aliphatic heterocycles. The largest absolute Gasteiger partial charge is 0.478 e. The molecule has 0 aromatic heterocycles. The summed E-state index contributed by atoms with van der Waals surface area (Å²) in [6.07, 6.45) is 0.144. The SMILES string of the molecule is C=COC=C.O=C(O)C(CF)=C(F)F. The second-order valence-electron chi connectivity index (χ2n) is 1.65. The average Bonchev–Trinajstić information content (AvgIpc) is 2.06. The number of carbonyl (C=O) groups is 1. The number of carboxylic acids is 1. The molecule has 3 nitrogen and oxygen atoms in total. The van der Waals surface area contributed by atoms with Crippen molar-refractivity contribution in [3.05, 3.63) is 37.3 Å². The van der Waals surface area contributed by atoms with Gasteiger partial charge in [0, 0.05) is 0 Å². The maximum absolute atomic E-state index is 11.2. The molecule has 14 heavy (non-hydrogen) atoms. The third-order valence-electron chi connectivity index (χ3n) is 0.812. The fourth-order valence-corrected chi connectivity index (χ4v) is 0.257. The predicted octanol–water partition coefficient (Wildman–Crippen LogP) is 2.48. The zero-order valence-corrected chi connectivity index (χ0v) is 7.17. The Hall–Kier alpha value is -1.72. The molecule has 0 aromatic carbocycles. The number of hydrogen-bond acceptors (Lipinski definition) is 2. The van der Waals surface area contributed by atoms with Gasteiger partial charge < -0.3 is 9.84 Å². The summed E-state index contributed by atoms with van der Waals surface area (Å²) in [7, 11) is 0. The van der Waals surface area contributed by atoms with Gasteiger partial charge in [-0.05, 0) is 0 Å². The van der Waals surface area contributed by atoms with Gasteiger partial charge in [-0.3, -0.25) is 0 Å². The molecule has 0 heterocycles. The first-order chi connectivity index (χ1) is 6.51. The van der Waals surface area contributed by atoms with Crippen molar-refractivity contribution >= 4 is 5.97 Å². The van der Waals surface area contributed by atoms with Gasteiger partial charge in [-0.1, -0.05) is 13.2 Å². The molecule has 0 rings (SSSR count). The van der Waals surface area contributed by atoms with Gasteiger partial charge in [0.25, 0.3) is 6.08 Å². The third-order valence-corrected chi connectivity index (χ3v) is 0.812. The summed E-state index contributed by atoms with van der Waals surface area (Å²) in [5.41, 5.74) is -1.48. The van der Waals surface area contributed by atoms with Crippen LogP contribution in [0.2, 0.25) is 0 Å². The van der Waals surface area contributed by atoms with Crippen molar-refractivity contribution in [3.8, 4) is 0 Å². The lowest BCUT2D eigenvalue weighted by atomic mass is 10.3. The Morgan fingerprint density at radius 2 is 1.79 bits per heavy atom. The summed E-state index contributed by atoms with van der Waals surface area (Å²) in [6, 6.07) is 0. The van der Waals surface area contributed by atoms with E-state index in [0.717, 1.165) is 0 Å². The molecule has 0 spiro atoms. The first-order valence-electron chi connectivity index (χ1n) is 3.21.